The minimum atomic E-state index is -0.673. The van der Waals surface area contributed by atoms with Crippen LogP contribution in [0.1, 0.15) is 31.8 Å². The summed E-state index contributed by atoms with van der Waals surface area (Å²) in [5.41, 5.74) is 1.36. The molecule has 0 saturated heterocycles. The summed E-state index contributed by atoms with van der Waals surface area (Å²) in [6.07, 6.45) is 0.438. The minimum absolute atomic E-state index is 0.00407. The van der Waals surface area contributed by atoms with Crippen molar-refractivity contribution in [3.8, 4) is 0 Å². The molecular weight excluding hydrogens is 284 g/mol. The second-order valence-electron chi connectivity index (χ2n) is 4.78. The average molecular weight is 298 g/mol. The maximum Gasteiger partial charge on any atom is 0.282 e. The lowest BCUT2D eigenvalue weighted by atomic mass is 10.1. The highest BCUT2D eigenvalue weighted by atomic mass is 16.6. The zero-order valence-electron chi connectivity index (χ0n) is 11.9. The lowest BCUT2D eigenvalue weighted by molar-refractivity contribution is -0.385. The van der Waals surface area contributed by atoms with Crippen LogP contribution in [0.25, 0.3) is 0 Å². The summed E-state index contributed by atoms with van der Waals surface area (Å²) in [6, 6.07) is 11.5. The normalized spacial score (nSPS) is 10.0. The summed E-state index contributed by atoms with van der Waals surface area (Å²) >= 11 is 0. The van der Waals surface area contributed by atoms with Crippen molar-refractivity contribution < 1.29 is 14.5 Å². The standard InChI is InChI=1S/C16H14N2O4/c1-11-5-7-12(8-6-11)9-17-16(20)15-13(10-19)3-2-4-14(15)18(21)22/h2-8,10H,9H2,1H3,(H,17,20). The number of nitrogens with zero attached hydrogens (tertiary/aromatic N) is 1. The fraction of sp³-hybridized carbons (Fsp3) is 0.125. The molecule has 0 bridgehead atoms. The van der Waals surface area contributed by atoms with E-state index in [4.69, 9.17) is 0 Å². The fourth-order valence-electron chi connectivity index (χ4n) is 2.03. The Balaban J connectivity index is 2.23. The zero-order valence-corrected chi connectivity index (χ0v) is 11.9. The first-order valence-electron chi connectivity index (χ1n) is 6.59. The lowest BCUT2D eigenvalue weighted by Gasteiger charge is -2.08. The summed E-state index contributed by atoms with van der Waals surface area (Å²) in [4.78, 5) is 33.6. The van der Waals surface area contributed by atoms with Crippen molar-refractivity contribution in [2.75, 3.05) is 0 Å². The molecule has 2 rings (SSSR count). The van der Waals surface area contributed by atoms with Crippen molar-refractivity contribution in [3.63, 3.8) is 0 Å². The molecule has 2 aromatic carbocycles. The van der Waals surface area contributed by atoms with Gasteiger partial charge in [0.15, 0.2) is 6.29 Å². The number of carbonyl (C=O) groups excluding carboxylic acids is 2. The van der Waals surface area contributed by atoms with Gasteiger partial charge in [-0.1, -0.05) is 42.0 Å². The van der Waals surface area contributed by atoms with E-state index in [1.807, 2.05) is 31.2 Å². The fourth-order valence-corrected chi connectivity index (χ4v) is 2.03. The number of carbonyl (C=O) groups is 2. The zero-order chi connectivity index (χ0) is 16.1. The summed E-state index contributed by atoms with van der Waals surface area (Å²) < 4.78 is 0. The first-order chi connectivity index (χ1) is 10.5. The monoisotopic (exact) mass is 298 g/mol. The number of nitro groups is 1. The quantitative estimate of drug-likeness (QED) is 0.522. The second-order valence-corrected chi connectivity index (χ2v) is 4.78. The van der Waals surface area contributed by atoms with E-state index in [0.29, 0.717) is 6.29 Å². The van der Waals surface area contributed by atoms with Crippen LogP contribution in [0.3, 0.4) is 0 Å². The maximum atomic E-state index is 12.2. The van der Waals surface area contributed by atoms with E-state index in [1.165, 1.54) is 18.2 Å². The van der Waals surface area contributed by atoms with Crippen LogP contribution < -0.4 is 5.32 Å². The lowest BCUT2D eigenvalue weighted by Crippen LogP contribution is -2.25. The molecule has 1 N–H and O–H groups in total. The third kappa shape index (κ3) is 3.35. The van der Waals surface area contributed by atoms with Gasteiger partial charge in [0.1, 0.15) is 5.56 Å². The van der Waals surface area contributed by atoms with Crippen molar-refractivity contribution >= 4 is 17.9 Å². The molecule has 22 heavy (non-hydrogen) atoms. The first-order valence-corrected chi connectivity index (χ1v) is 6.59. The third-order valence-electron chi connectivity index (χ3n) is 3.20. The molecule has 0 saturated carbocycles. The number of nitro benzene ring substituents is 1. The maximum absolute atomic E-state index is 12.2. The predicted octanol–water partition coefficient (Wildman–Crippen LogP) is 2.65. The highest BCUT2D eigenvalue weighted by Crippen LogP contribution is 2.21. The van der Waals surface area contributed by atoms with E-state index in [-0.39, 0.29) is 23.4 Å². The van der Waals surface area contributed by atoms with E-state index in [2.05, 4.69) is 5.32 Å². The Morgan fingerprint density at radius 3 is 2.50 bits per heavy atom. The molecule has 1 amide bonds. The molecule has 2 aromatic rings. The molecule has 0 aliphatic carbocycles. The van der Waals surface area contributed by atoms with E-state index < -0.39 is 10.8 Å². The first kappa shape index (κ1) is 15.4. The average Bonchev–Trinajstić information content (AvgIpc) is 2.53. The van der Waals surface area contributed by atoms with Gasteiger partial charge >= 0.3 is 0 Å². The molecule has 112 valence electrons. The van der Waals surface area contributed by atoms with Crippen molar-refractivity contribution in [3.05, 3.63) is 74.8 Å². The van der Waals surface area contributed by atoms with Crippen LogP contribution in [0.15, 0.2) is 42.5 Å². The van der Waals surface area contributed by atoms with Crippen LogP contribution in [0.5, 0.6) is 0 Å². The van der Waals surface area contributed by atoms with Gasteiger partial charge in [-0.15, -0.1) is 0 Å². The van der Waals surface area contributed by atoms with Gasteiger partial charge in [-0.25, -0.2) is 0 Å². The number of aldehydes is 1. The number of hydrogen-bond acceptors (Lipinski definition) is 4. The summed E-state index contributed by atoms with van der Waals surface area (Å²) in [5.74, 6) is -0.644. The van der Waals surface area contributed by atoms with Crippen LogP contribution >= 0.6 is 0 Å². The largest absolute Gasteiger partial charge is 0.348 e. The Kier molecular flexibility index (Phi) is 4.63. The summed E-state index contributed by atoms with van der Waals surface area (Å²) in [6.45, 7) is 2.18. The number of hydrogen-bond donors (Lipinski definition) is 1. The van der Waals surface area contributed by atoms with Gasteiger partial charge in [-0.05, 0) is 12.5 Å². The molecule has 6 heteroatoms. The van der Waals surface area contributed by atoms with Gasteiger partial charge in [-0.3, -0.25) is 19.7 Å². The molecule has 0 atom stereocenters. The van der Waals surface area contributed by atoms with Gasteiger partial charge < -0.3 is 5.32 Å². The minimum Gasteiger partial charge on any atom is -0.348 e. The van der Waals surface area contributed by atoms with Gasteiger partial charge in [0, 0.05) is 18.2 Å². The molecule has 0 aliphatic rings. The third-order valence-corrected chi connectivity index (χ3v) is 3.20. The number of rotatable bonds is 5. The van der Waals surface area contributed by atoms with Crippen LogP contribution in [-0.2, 0) is 6.54 Å². The number of benzene rings is 2. The van der Waals surface area contributed by atoms with E-state index in [0.717, 1.165) is 11.1 Å². The second kappa shape index (κ2) is 6.62. The van der Waals surface area contributed by atoms with Gasteiger partial charge in [-0.2, -0.15) is 0 Å². The number of nitrogens with one attached hydrogen (secondary N) is 1. The molecule has 0 fully saturated rings. The van der Waals surface area contributed by atoms with Crippen molar-refractivity contribution in [1.29, 1.82) is 0 Å². The van der Waals surface area contributed by atoms with Crippen molar-refractivity contribution in [1.82, 2.24) is 5.32 Å². The molecule has 0 unspecified atom stereocenters. The van der Waals surface area contributed by atoms with Crippen molar-refractivity contribution in [2.24, 2.45) is 0 Å². The molecule has 0 aliphatic heterocycles. The van der Waals surface area contributed by atoms with Crippen LogP contribution in [0.2, 0.25) is 0 Å². The molecule has 0 spiro atoms. The Bertz CT molecular complexity index is 723. The van der Waals surface area contributed by atoms with Crippen LogP contribution in [-0.4, -0.2) is 17.1 Å². The molecule has 0 heterocycles. The van der Waals surface area contributed by atoms with E-state index >= 15 is 0 Å². The van der Waals surface area contributed by atoms with Crippen LogP contribution in [0, 0.1) is 17.0 Å². The van der Waals surface area contributed by atoms with Crippen LogP contribution in [0.4, 0.5) is 5.69 Å². The molecule has 0 aromatic heterocycles. The Hall–Kier alpha value is -3.02. The number of amides is 1. The predicted molar refractivity (Wildman–Crippen MR) is 80.8 cm³/mol. The number of aryl methyl sites for hydroxylation is 1. The highest BCUT2D eigenvalue weighted by molar-refractivity contribution is 6.04. The van der Waals surface area contributed by atoms with Gasteiger partial charge in [0.25, 0.3) is 11.6 Å². The topological polar surface area (TPSA) is 89.3 Å². The SMILES string of the molecule is Cc1ccc(CNC(=O)c2c(C=O)cccc2[N+](=O)[O-])cc1. The van der Waals surface area contributed by atoms with Crippen molar-refractivity contribution in [2.45, 2.75) is 13.5 Å². The molecule has 6 nitrogen and oxygen atoms in total. The Morgan fingerprint density at radius 2 is 1.91 bits per heavy atom. The van der Waals surface area contributed by atoms with Gasteiger partial charge in [0.05, 0.1) is 4.92 Å². The Morgan fingerprint density at radius 1 is 1.23 bits per heavy atom. The molecular formula is C16H14N2O4. The van der Waals surface area contributed by atoms with E-state index in [1.54, 1.807) is 0 Å². The smallest absolute Gasteiger partial charge is 0.282 e. The molecule has 0 radical (unpaired) electrons. The van der Waals surface area contributed by atoms with Gasteiger partial charge in [0.2, 0.25) is 0 Å². The summed E-state index contributed by atoms with van der Waals surface area (Å²) in [7, 11) is 0. The van der Waals surface area contributed by atoms with E-state index in [9.17, 15) is 19.7 Å². The summed E-state index contributed by atoms with van der Waals surface area (Å²) in [5, 5.41) is 13.6. The Labute approximate surface area is 126 Å². The highest BCUT2D eigenvalue weighted by Gasteiger charge is 2.23.